The molecule has 2 aromatic rings. The highest BCUT2D eigenvalue weighted by Gasteiger charge is 2.37. The van der Waals surface area contributed by atoms with Crippen molar-refractivity contribution in [3.8, 4) is 5.75 Å². The number of hydrogen-bond acceptors (Lipinski definition) is 6. The number of amides is 1. The Morgan fingerprint density at radius 2 is 1.82 bits per heavy atom. The lowest BCUT2D eigenvalue weighted by Gasteiger charge is -2.34. The third-order valence-corrected chi connectivity index (χ3v) is 6.61. The first-order valence-electron chi connectivity index (χ1n) is 11.7. The Hall–Kier alpha value is -2.90. The molecule has 2 atom stereocenters. The Bertz CT molecular complexity index is 1040. The summed E-state index contributed by atoms with van der Waals surface area (Å²) < 4.78 is 10.5. The van der Waals surface area contributed by atoms with E-state index >= 15 is 0 Å². The summed E-state index contributed by atoms with van der Waals surface area (Å²) in [4.78, 5) is 28.0. The van der Waals surface area contributed by atoms with Crippen LogP contribution >= 0.6 is 11.6 Å². The van der Waals surface area contributed by atoms with Crippen molar-refractivity contribution in [2.75, 3.05) is 26.8 Å². The molecular formula is C26H30ClN3O4. The van der Waals surface area contributed by atoms with Crippen molar-refractivity contribution < 1.29 is 19.1 Å². The third kappa shape index (κ3) is 5.42. The summed E-state index contributed by atoms with van der Waals surface area (Å²) >= 11 is 6.10. The van der Waals surface area contributed by atoms with Crippen LogP contribution in [0.15, 0.2) is 53.6 Å². The number of benzene rings is 2. The van der Waals surface area contributed by atoms with Crippen LogP contribution in [-0.4, -0.2) is 60.3 Å². The lowest BCUT2D eigenvalue weighted by Crippen LogP contribution is -2.49. The quantitative estimate of drug-likeness (QED) is 0.544. The van der Waals surface area contributed by atoms with Gasteiger partial charge in [0, 0.05) is 11.4 Å². The van der Waals surface area contributed by atoms with Gasteiger partial charge < -0.3 is 9.47 Å². The van der Waals surface area contributed by atoms with Crippen molar-refractivity contribution in [1.82, 2.24) is 9.91 Å². The predicted molar refractivity (Wildman–Crippen MR) is 131 cm³/mol. The van der Waals surface area contributed by atoms with E-state index in [1.165, 1.54) is 0 Å². The highest BCUT2D eigenvalue weighted by molar-refractivity contribution is 6.30. The van der Waals surface area contributed by atoms with Crippen molar-refractivity contribution in [3.05, 3.63) is 64.7 Å². The Morgan fingerprint density at radius 3 is 2.50 bits per heavy atom. The van der Waals surface area contributed by atoms with Gasteiger partial charge in [-0.1, -0.05) is 30.2 Å². The second-order valence-corrected chi connectivity index (χ2v) is 8.96. The predicted octanol–water partition coefficient (Wildman–Crippen LogP) is 4.44. The van der Waals surface area contributed by atoms with Crippen LogP contribution < -0.4 is 4.74 Å². The van der Waals surface area contributed by atoms with Crippen LogP contribution in [-0.2, 0) is 14.3 Å². The summed E-state index contributed by atoms with van der Waals surface area (Å²) in [6.45, 7) is 2.93. The average molecular weight is 484 g/mol. The van der Waals surface area contributed by atoms with E-state index < -0.39 is 0 Å². The summed E-state index contributed by atoms with van der Waals surface area (Å²) in [6.07, 6.45) is 3.18. The number of rotatable bonds is 7. The van der Waals surface area contributed by atoms with E-state index in [0.717, 1.165) is 35.4 Å². The number of hydrogen-bond donors (Lipinski definition) is 0. The molecule has 2 aromatic carbocycles. The van der Waals surface area contributed by atoms with E-state index in [9.17, 15) is 9.59 Å². The minimum Gasteiger partial charge on any atom is -0.497 e. The molecule has 34 heavy (non-hydrogen) atoms. The number of nitrogens with zero attached hydrogens (tertiary/aromatic N) is 3. The zero-order valence-corrected chi connectivity index (χ0v) is 20.3. The molecule has 0 N–H and O–H groups in total. The van der Waals surface area contributed by atoms with Crippen LogP contribution in [0.1, 0.15) is 49.8 Å². The van der Waals surface area contributed by atoms with Gasteiger partial charge in [-0.05, 0) is 73.8 Å². The summed E-state index contributed by atoms with van der Waals surface area (Å²) in [5.74, 6) is 0.368. The smallest absolute Gasteiger partial charge is 0.323 e. The molecule has 0 bridgehead atoms. The van der Waals surface area contributed by atoms with Gasteiger partial charge in [0.25, 0.3) is 5.91 Å². The van der Waals surface area contributed by atoms with Crippen LogP contribution in [0.3, 0.4) is 0 Å². The first-order chi connectivity index (χ1) is 16.5. The SMILES string of the molecule is CCOC(=O)[C@@H]1CCCCN1CC(=O)N1N=C(c2ccc(OC)cc2)C[C@H]1c1ccc(Cl)cc1. The Morgan fingerprint density at radius 1 is 1.09 bits per heavy atom. The number of piperidine rings is 1. The van der Waals surface area contributed by atoms with Crippen LogP contribution in [0.4, 0.5) is 0 Å². The Kier molecular flexibility index (Phi) is 7.85. The summed E-state index contributed by atoms with van der Waals surface area (Å²) in [5.41, 5.74) is 2.74. The van der Waals surface area contributed by atoms with E-state index in [2.05, 4.69) is 0 Å². The molecule has 0 aromatic heterocycles. The second-order valence-electron chi connectivity index (χ2n) is 8.52. The van der Waals surface area contributed by atoms with E-state index in [-0.39, 0.29) is 30.5 Å². The van der Waals surface area contributed by atoms with Gasteiger partial charge >= 0.3 is 5.97 Å². The fraction of sp³-hybridized carbons (Fsp3) is 0.423. The summed E-state index contributed by atoms with van der Waals surface area (Å²) in [6, 6.07) is 14.6. The third-order valence-electron chi connectivity index (χ3n) is 6.35. The fourth-order valence-corrected chi connectivity index (χ4v) is 4.70. The van der Waals surface area contributed by atoms with Crippen molar-refractivity contribution >= 4 is 29.2 Å². The molecular weight excluding hydrogens is 454 g/mol. The Balaban J connectivity index is 1.58. The molecule has 0 radical (unpaired) electrons. The first kappa shape index (κ1) is 24.2. The van der Waals surface area contributed by atoms with E-state index in [1.54, 1.807) is 19.0 Å². The normalized spacial score (nSPS) is 20.7. The topological polar surface area (TPSA) is 71.4 Å². The molecule has 0 aliphatic carbocycles. The number of ether oxygens (including phenoxy) is 2. The van der Waals surface area contributed by atoms with E-state index in [1.807, 2.05) is 53.4 Å². The van der Waals surface area contributed by atoms with Crippen molar-refractivity contribution in [3.63, 3.8) is 0 Å². The number of hydrazone groups is 1. The maximum Gasteiger partial charge on any atom is 0.323 e. The standard InChI is InChI=1S/C26H30ClN3O4/c1-3-34-26(32)23-6-4-5-15-29(23)17-25(31)30-24(19-7-11-20(27)12-8-19)16-22(28-30)18-9-13-21(33-2)14-10-18/h7-14,23-24H,3-6,15-17H2,1-2H3/t23-,24-/m0/s1. The van der Waals surface area contributed by atoms with E-state index in [0.29, 0.717) is 31.0 Å². The van der Waals surface area contributed by atoms with Gasteiger partial charge in [0.2, 0.25) is 0 Å². The highest BCUT2D eigenvalue weighted by atomic mass is 35.5. The molecule has 0 spiro atoms. The molecule has 180 valence electrons. The minimum atomic E-state index is -0.390. The minimum absolute atomic E-state index is 0.118. The van der Waals surface area contributed by atoms with Gasteiger partial charge in [-0.2, -0.15) is 5.10 Å². The molecule has 1 saturated heterocycles. The van der Waals surface area contributed by atoms with Gasteiger partial charge in [0.15, 0.2) is 0 Å². The van der Waals surface area contributed by atoms with Crippen molar-refractivity contribution in [2.45, 2.75) is 44.7 Å². The number of carbonyl (C=O) groups is 2. The van der Waals surface area contributed by atoms with Crippen LogP contribution in [0.2, 0.25) is 5.02 Å². The lowest BCUT2D eigenvalue weighted by atomic mass is 9.98. The molecule has 0 saturated carbocycles. The number of likely N-dealkylation sites (tertiary alicyclic amines) is 1. The molecule has 1 fully saturated rings. The van der Waals surface area contributed by atoms with Crippen molar-refractivity contribution in [1.29, 1.82) is 0 Å². The first-order valence-corrected chi connectivity index (χ1v) is 12.1. The van der Waals surface area contributed by atoms with E-state index in [4.69, 9.17) is 26.2 Å². The number of methoxy groups -OCH3 is 1. The van der Waals surface area contributed by atoms with Gasteiger partial charge in [0.05, 0.1) is 32.0 Å². The second kappa shape index (κ2) is 11.0. The zero-order valence-electron chi connectivity index (χ0n) is 19.6. The van der Waals surface area contributed by atoms with Gasteiger partial charge in [-0.3, -0.25) is 14.5 Å². The Labute approximate surface area is 205 Å². The van der Waals surface area contributed by atoms with Crippen molar-refractivity contribution in [2.24, 2.45) is 5.10 Å². The summed E-state index contributed by atoms with van der Waals surface area (Å²) in [7, 11) is 1.63. The maximum atomic E-state index is 13.5. The molecule has 0 unspecified atom stereocenters. The number of carbonyl (C=O) groups excluding carboxylic acids is 2. The largest absolute Gasteiger partial charge is 0.497 e. The molecule has 2 heterocycles. The van der Waals surface area contributed by atoms with Gasteiger partial charge in [0.1, 0.15) is 11.8 Å². The molecule has 1 amide bonds. The van der Waals surface area contributed by atoms with Crippen LogP contribution in [0, 0.1) is 0 Å². The molecule has 7 nitrogen and oxygen atoms in total. The zero-order chi connectivity index (χ0) is 24.1. The molecule has 2 aliphatic rings. The van der Waals surface area contributed by atoms with Crippen LogP contribution in [0.25, 0.3) is 0 Å². The highest BCUT2D eigenvalue weighted by Crippen LogP contribution is 2.34. The molecule has 8 heteroatoms. The molecule has 4 rings (SSSR count). The monoisotopic (exact) mass is 483 g/mol. The maximum absolute atomic E-state index is 13.5. The summed E-state index contributed by atoms with van der Waals surface area (Å²) in [5, 5.41) is 6.96. The number of halogens is 1. The number of esters is 1. The molecule has 2 aliphatic heterocycles. The fourth-order valence-electron chi connectivity index (χ4n) is 4.57. The van der Waals surface area contributed by atoms with Crippen LogP contribution in [0.5, 0.6) is 5.75 Å². The van der Waals surface area contributed by atoms with Gasteiger partial charge in [-0.25, -0.2) is 5.01 Å². The lowest BCUT2D eigenvalue weighted by molar-refractivity contribution is -0.152. The average Bonchev–Trinajstić information content (AvgIpc) is 3.31. The van der Waals surface area contributed by atoms with Gasteiger partial charge in [-0.15, -0.1) is 0 Å².